The van der Waals surface area contributed by atoms with Gasteiger partial charge in [0, 0.05) is 67.2 Å². The van der Waals surface area contributed by atoms with Crippen molar-refractivity contribution in [3.05, 3.63) is 83.4 Å². The summed E-state index contributed by atoms with van der Waals surface area (Å²) in [5, 5.41) is 3.66. The zero-order valence-corrected chi connectivity index (χ0v) is 19.4. The minimum atomic E-state index is -1.57. The number of nitrogens with one attached hydrogen (secondary N) is 2. The van der Waals surface area contributed by atoms with Gasteiger partial charge in [0.15, 0.2) is 23.2 Å². The van der Waals surface area contributed by atoms with Gasteiger partial charge in [-0.1, -0.05) is 18.2 Å². The zero-order valence-electron chi connectivity index (χ0n) is 19.4. The number of benzene rings is 2. The van der Waals surface area contributed by atoms with Gasteiger partial charge in [-0.05, 0) is 55.4 Å². The molecule has 0 spiro atoms. The van der Waals surface area contributed by atoms with Crippen molar-refractivity contribution in [1.82, 2.24) is 20.3 Å². The van der Waals surface area contributed by atoms with Crippen molar-refractivity contribution in [2.24, 2.45) is 0 Å². The van der Waals surface area contributed by atoms with Crippen molar-refractivity contribution in [2.45, 2.75) is 37.6 Å². The Kier molecular flexibility index (Phi) is 6.92. The number of nitrogens with zero attached hydrogens (tertiary/aromatic N) is 2. The fourth-order valence-electron chi connectivity index (χ4n) is 5.15. The van der Waals surface area contributed by atoms with E-state index in [9.17, 15) is 18.0 Å². The van der Waals surface area contributed by atoms with E-state index in [1.165, 1.54) is 22.5 Å². The van der Waals surface area contributed by atoms with Crippen LogP contribution in [0.2, 0.25) is 0 Å². The van der Waals surface area contributed by atoms with Crippen LogP contribution in [0.5, 0.6) is 0 Å². The summed E-state index contributed by atoms with van der Waals surface area (Å²) in [6.07, 6.45) is 9.20. The number of halogens is 3. The number of hydrogen-bond donors (Lipinski definition) is 2. The molecule has 35 heavy (non-hydrogen) atoms. The summed E-state index contributed by atoms with van der Waals surface area (Å²) in [7, 11) is 0. The van der Waals surface area contributed by atoms with Crippen LogP contribution in [-0.4, -0.2) is 52.9 Å². The molecule has 2 saturated heterocycles. The molecule has 2 aliphatic rings. The van der Waals surface area contributed by atoms with Gasteiger partial charge in [0.05, 0.1) is 0 Å². The fraction of sp³-hybridized carbons (Fsp3) is 0.370. The van der Waals surface area contributed by atoms with E-state index >= 15 is 0 Å². The van der Waals surface area contributed by atoms with Crippen LogP contribution in [0.4, 0.5) is 13.2 Å². The number of ketones is 1. The Balaban J connectivity index is 1.07. The molecule has 5 nitrogen and oxygen atoms in total. The third kappa shape index (κ3) is 5.28. The SMILES string of the molecule is O=C(C=CN1CCC(NN2CCC(c3c[nH]c4ccccc34)CC2)CC1)c1cc(F)c(F)c(F)c1. The number of fused-ring (bicyclic) bond motifs is 1. The Morgan fingerprint density at radius 2 is 1.66 bits per heavy atom. The Hall–Kier alpha value is -3.10. The van der Waals surface area contributed by atoms with Crippen LogP contribution in [0.1, 0.15) is 47.5 Å². The maximum atomic E-state index is 13.4. The van der Waals surface area contributed by atoms with Crippen LogP contribution in [0, 0.1) is 17.5 Å². The van der Waals surface area contributed by atoms with E-state index in [1.54, 1.807) is 6.20 Å². The van der Waals surface area contributed by atoms with Gasteiger partial charge in [-0.15, -0.1) is 0 Å². The van der Waals surface area contributed by atoms with Gasteiger partial charge in [-0.3, -0.25) is 10.2 Å². The molecule has 2 N–H and O–H groups in total. The van der Waals surface area contributed by atoms with Crippen molar-refractivity contribution in [3.8, 4) is 0 Å². The van der Waals surface area contributed by atoms with Crippen molar-refractivity contribution in [2.75, 3.05) is 26.2 Å². The van der Waals surface area contributed by atoms with Gasteiger partial charge in [0.1, 0.15) is 0 Å². The predicted octanol–water partition coefficient (Wildman–Crippen LogP) is 5.13. The molecule has 0 aliphatic carbocycles. The number of carbonyl (C=O) groups excluding carboxylic acids is 1. The number of H-pyrrole nitrogens is 1. The predicted molar refractivity (Wildman–Crippen MR) is 129 cm³/mol. The topological polar surface area (TPSA) is 51.4 Å². The Bertz CT molecular complexity index is 1200. The quantitative estimate of drug-likeness (QED) is 0.291. The molecule has 1 aromatic heterocycles. The van der Waals surface area contributed by atoms with Crippen molar-refractivity contribution >= 4 is 16.7 Å². The molecule has 0 bridgehead atoms. The molecule has 3 heterocycles. The number of carbonyl (C=O) groups is 1. The molecular weight excluding hydrogens is 453 g/mol. The zero-order chi connectivity index (χ0) is 24.4. The van der Waals surface area contributed by atoms with Gasteiger partial charge in [-0.25, -0.2) is 18.2 Å². The normalized spacial score (nSPS) is 18.7. The second kappa shape index (κ2) is 10.3. The average molecular weight is 483 g/mol. The minimum absolute atomic E-state index is 0.203. The third-order valence-electron chi connectivity index (χ3n) is 7.16. The molecule has 0 amide bonds. The maximum Gasteiger partial charge on any atom is 0.194 e. The first kappa shape index (κ1) is 23.6. The smallest absolute Gasteiger partial charge is 0.194 e. The number of likely N-dealkylation sites (tertiary alicyclic amines) is 1. The number of hydrogen-bond acceptors (Lipinski definition) is 4. The lowest BCUT2D eigenvalue weighted by Crippen LogP contribution is -2.51. The number of piperidine rings is 2. The van der Waals surface area contributed by atoms with Crippen LogP contribution in [0.3, 0.4) is 0 Å². The van der Waals surface area contributed by atoms with Crippen molar-refractivity contribution in [1.29, 1.82) is 0 Å². The molecule has 2 fully saturated rings. The van der Waals surface area contributed by atoms with Gasteiger partial charge in [-0.2, -0.15) is 0 Å². The number of hydrazine groups is 1. The Labute approximate surface area is 202 Å². The number of aromatic nitrogens is 1. The second-order valence-corrected chi connectivity index (χ2v) is 9.42. The molecule has 184 valence electrons. The van der Waals surface area contributed by atoms with Gasteiger partial charge >= 0.3 is 0 Å². The highest BCUT2D eigenvalue weighted by atomic mass is 19.2. The largest absolute Gasteiger partial charge is 0.377 e. The molecule has 3 aromatic rings. The van der Waals surface area contributed by atoms with Gasteiger partial charge in [0.2, 0.25) is 0 Å². The van der Waals surface area contributed by atoms with Crippen LogP contribution < -0.4 is 5.43 Å². The second-order valence-electron chi connectivity index (χ2n) is 9.42. The van der Waals surface area contributed by atoms with Crippen LogP contribution in [-0.2, 0) is 0 Å². The standard InChI is InChI=1S/C27H29F3N4O/c28-23-15-19(16-24(29)27(23)30)26(35)9-12-33-10-7-20(8-11-33)32-34-13-5-18(6-14-34)22-17-31-25-4-2-1-3-21(22)25/h1-4,9,12,15-18,20,31-32H,5-8,10-11,13-14H2. The molecule has 0 radical (unpaired) electrons. The fourth-order valence-corrected chi connectivity index (χ4v) is 5.15. The summed E-state index contributed by atoms with van der Waals surface area (Å²) < 4.78 is 39.8. The molecule has 8 heteroatoms. The van der Waals surface area contributed by atoms with E-state index in [4.69, 9.17) is 0 Å². The van der Waals surface area contributed by atoms with Crippen molar-refractivity contribution in [3.63, 3.8) is 0 Å². The van der Waals surface area contributed by atoms with Crippen LogP contribution >= 0.6 is 0 Å². The monoisotopic (exact) mass is 482 g/mol. The average Bonchev–Trinajstić information content (AvgIpc) is 3.31. The van der Waals surface area contributed by atoms with Gasteiger partial charge < -0.3 is 9.88 Å². The Morgan fingerprint density at radius 3 is 2.37 bits per heavy atom. The molecule has 0 unspecified atom stereocenters. The number of aromatic amines is 1. The van der Waals surface area contributed by atoms with E-state index < -0.39 is 23.2 Å². The molecule has 0 atom stereocenters. The van der Waals surface area contributed by atoms with E-state index in [1.807, 2.05) is 4.90 Å². The van der Waals surface area contributed by atoms with Crippen LogP contribution in [0.25, 0.3) is 10.9 Å². The summed E-state index contributed by atoms with van der Waals surface area (Å²) in [6.45, 7) is 3.56. The lowest BCUT2D eigenvalue weighted by molar-refractivity contribution is 0.0963. The van der Waals surface area contributed by atoms with E-state index in [0.717, 1.165) is 64.0 Å². The van der Waals surface area contributed by atoms with Gasteiger partial charge in [0.25, 0.3) is 0 Å². The van der Waals surface area contributed by atoms with Crippen molar-refractivity contribution < 1.29 is 18.0 Å². The highest BCUT2D eigenvalue weighted by molar-refractivity contribution is 6.04. The summed E-state index contributed by atoms with van der Waals surface area (Å²) in [4.78, 5) is 17.6. The number of para-hydroxylation sites is 1. The van der Waals surface area contributed by atoms with E-state index in [0.29, 0.717) is 12.0 Å². The third-order valence-corrected chi connectivity index (χ3v) is 7.16. The van der Waals surface area contributed by atoms with E-state index in [2.05, 4.69) is 45.9 Å². The molecule has 5 rings (SSSR count). The maximum absolute atomic E-state index is 13.4. The van der Waals surface area contributed by atoms with E-state index in [-0.39, 0.29) is 5.56 Å². The summed E-state index contributed by atoms with van der Waals surface area (Å²) in [5.74, 6) is -4.28. The minimum Gasteiger partial charge on any atom is -0.377 e. The summed E-state index contributed by atoms with van der Waals surface area (Å²) in [6, 6.07) is 10.3. The van der Waals surface area contributed by atoms with Crippen LogP contribution in [0.15, 0.2) is 54.9 Å². The number of rotatable bonds is 6. The molecular formula is C27H29F3N4O. The lowest BCUT2D eigenvalue weighted by atomic mass is 9.89. The number of allylic oxidation sites excluding steroid dienone is 1. The molecule has 2 aromatic carbocycles. The summed E-state index contributed by atoms with van der Waals surface area (Å²) >= 11 is 0. The first-order valence-electron chi connectivity index (χ1n) is 12.2. The first-order chi connectivity index (χ1) is 17.0. The summed E-state index contributed by atoms with van der Waals surface area (Å²) in [5.41, 5.74) is 6.09. The Morgan fingerprint density at radius 1 is 0.971 bits per heavy atom. The highest BCUT2D eigenvalue weighted by Crippen LogP contribution is 2.32. The highest BCUT2D eigenvalue weighted by Gasteiger charge is 2.25. The molecule has 2 aliphatic heterocycles. The lowest BCUT2D eigenvalue weighted by Gasteiger charge is -2.38. The molecule has 0 saturated carbocycles. The first-order valence-corrected chi connectivity index (χ1v) is 12.2.